The molecule has 3 heterocycles. The molecule has 0 aliphatic carbocycles. The molecule has 0 unspecified atom stereocenters. The summed E-state index contributed by atoms with van der Waals surface area (Å²) in [5.74, 6) is 0.371. The Labute approximate surface area is 125 Å². The van der Waals surface area contributed by atoms with Gasteiger partial charge in [0.2, 0.25) is 0 Å². The number of fused-ring (bicyclic) bond motifs is 1. The van der Waals surface area contributed by atoms with E-state index < -0.39 is 0 Å². The summed E-state index contributed by atoms with van der Waals surface area (Å²) in [6.07, 6.45) is 0.847. The van der Waals surface area contributed by atoms with Crippen LogP contribution in [0.5, 0.6) is 0 Å². The van der Waals surface area contributed by atoms with E-state index in [4.69, 9.17) is 9.47 Å². The molecule has 6 nitrogen and oxygen atoms in total. The first-order chi connectivity index (χ1) is 10.1. The van der Waals surface area contributed by atoms with E-state index in [-0.39, 0.29) is 18.1 Å². The van der Waals surface area contributed by atoms with Gasteiger partial charge in [0.05, 0.1) is 24.9 Å². The molecule has 2 aliphatic heterocycles. The Hall–Kier alpha value is -1.40. The molecular formula is C15H23N3O3. The normalized spacial score (nSPS) is 26.0. The van der Waals surface area contributed by atoms with Crippen LogP contribution in [0.4, 0.5) is 0 Å². The zero-order chi connectivity index (χ0) is 15.0. The Morgan fingerprint density at radius 1 is 1.43 bits per heavy atom. The minimum Gasteiger partial charge on any atom is -0.379 e. The molecule has 0 saturated carbocycles. The van der Waals surface area contributed by atoms with Crippen LogP contribution in [0, 0.1) is 0 Å². The van der Waals surface area contributed by atoms with Gasteiger partial charge in [0.25, 0.3) is 5.91 Å². The Bertz CT molecular complexity index is 524. The third-order valence-corrected chi connectivity index (χ3v) is 4.30. The van der Waals surface area contributed by atoms with Crippen LogP contribution in [0.3, 0.4) is 0 Å². The van der Waals surface area contributed by atoms with Gasteiger partial charge < -0.3 is 14.4 Å². The molecule has 1 aromatic rings. The summed E-state index contributed by atoms with van der Waals surface area (Å²) < 4.78 is 12.9. The van der Waals surface area contributed by atoms with E-state index in [1.807, 2.05) is 18.0 Å². The van der Waals surface area contributed by atoms with Gasteiger partial charge in [-0.1, -0.05) is 13.8 Å². The van der Waals surface area contributed by atoms with Crippen LogP contribution in [0.15, 0.2) is 6.07 Å². The zero-order valence-electron chi connectivity index (χ0n) is 12.9. The van der Waals surface area contributed by atoms with Crippen molar-refractivity contribution in [1.29, 1.82) is 0 Å². The first kappa shape index (κ1) is 14.5. The van der Waals surface area contributed by atoms with Gasteiger partial charge in [-0.25, -0.2) is 0 Å². The molecule has 0 N–H and O–H groups in total. The minimum atomic E-state index is 0.00856. The third-order valence-electron chi connectivity index (χ3n) is 4.30. The fraction of sp³-hybridized carbons (Fsp3) is 0.733. The lowest BCUT2D eigenvalue weighted by Crippen LogP contribution is -2.57. The van der Waals surface area contributed by atoms with Gasteiger partial charge in [-0.05, 0) is 18.4 Å². The average molecular weight is 293 g/mol. The molecular weight excluding hydrogens is 270 g/mol. The van der Waals surface area contributed by atoms with E-state index in [2.05, 4.69) is 18.9 Å². The molecule has 0 spiro atoms. The quantitative estimate of drug-likeness (QED) is 0.821. The maximum absolute atomic E-state index is 12.9. The van der Waals surface area contributed by atoms with Crippen LogP contribution in [0.1, 0.15) is 42.4 Å². The molecule has 116 valence electrons. The lowest BCUT2D eigenvalue weighted by molar-refractivity contribution is -0.124. The lowest BCUT2D eigenvalue weighted by atomic mass is 10.0. The first-order valence-corrected chi connectivity index (χ1v) is 7.62. The summed E-state index contributed by atoms with van der Waals surface area (Å²) in [7, 11) is 1.83. The second kappa shape index (κ2) is 5.77. The largest absolute Gasteiger partial charge is 0.379 e. The first-order valence-electron chi connectivity index (χ1n) is 7.62. The Morgan fingerprint density at radius 2 is 2.24 bits per heavy atom. The maximum Gasteiger partial charge on any atom is 0.272 e. The number of morpholine rings is 1. The molecule has 1 aromatic heterocycles. The number of nitrogens with zero attached hydrogens (tertiary/aromatic N) is 3. The second-order valence-corrected chi connectivity index (χ2v) is 6.07. The van der Waals surface area contributed by atoms with Crippen LogP contribution in [-0.2, 0) is 16.5 Å². The maximum atomic E-state index is 12.9. The van der Waals surface area contributed by atoms with Gasteiger partial charge in [-0.3, -0.25) is 9.48 Å². The van der Waals surface area contributed by atoms with Gasteiger partial charge in [-0.2, -0.15) is 5.10 Å². The van der Waals surface area contributed by atoms with Crippen LogP contribution in [0.2, 0.25) is 0 Å². The SMILES string of the molecule is CC(C)c1cc(C(=O)N2CCO[C@@H]3COCC[C@@H]32)n(C)n1. The van der Waals surface area contributed by atoms with Gasteiger partial charge in [0.15, 0.2) is 0 Å². The monoisotopic (exact) mass is 293 g/mol. The van der Waals surface area contributed by atoms with Crippen LogP contribution in [0.25, 0.3) is 0 Å². The minimum absolute atomic E-state index is 0.00856. The highest BCUT2D eigenvalue weighted by Gasteiger charge is 2.38. The van der Waals surface area contributed by atoms with Crippen LogP contribution >= 0.6 is 0 Å². The Kier molecular flexibility index (Phi) is 3.99. The molecule has 6 heteroatoms. The van der Waals surface area contributed by atoms with Gasteiger partial charge >= 0.3 is 0 Å². The lowest BCUT2D eigenvalue weighted by Gasteiger charge is -2.43. The standard InChI is InChI=1S/C15H23N3O3/c1-10(2)11-8-13(17(3)16-11)15(19)18-5-7-21-14-9-20-6-4-12(14)18/h8,10,12,14H,4-7,9H2,1-3H3/t12-,14+/m0/s1. The molecule has 1 amide bonds. The smallest absolute Gasteiger partial charge is 0.272 e. The molecule has 2 aliphatic rings. The molecule has 0 aromatic carbocycles. The average Bonchev–Trinajstić information content (AvgIpc) is 2.88. The van der Waals surface area contributed by atoms with Gasteiger partial charge in [0.1, 0.15) is 11.8 Å². The number of carbonyl (C=O) groups excluding carboxylic acids is 1. The van der Waals surface area contributed by atoms with E-state index in [0.717, 1.165) is 12.1 Å². The van der Waals surface area contributed by atoms with Crippen LogP contribution in [-0.4, -0.2) is 59.1 Å². The van der Waals surface area contributed by atoms with Crippen molar-refractivity contribution in [1.82, 2.24) is 14.7 Å². The molecule has 21 heavy (non-hydrogen) atoms. The second-order valence-electron chi connectivity index (χ2n) is 6.07. The van der Waals surface area contributed by atoms with Crippen LogP contribution < -0.4 is 0 Å². The van der Waals surface area contributed by atoms with Crippen molar-refractivity contribution < 1.29 is 14.3 Å². The molecule has 0 bridgehead atoms. The topological polar surface area (TPSA) is 56.6 Å². The summed E-state index contributed by atoms with van der Waals surface area (Å²) in [6.45, 7) is 6.65. The van der Waals surface area contributed by atoms with Crippen molar-refractivity contribution >= 4 is 5.91 Å². The number of aryl methyl sites for hydroxylation is 1. The number of rotatable bonds is 2. The Balaban J connectivity index is 1.83. The fourth-order valence-electron chi connectivity index (χ4n) is 3.06. The zero-order valence-corrected chi connectivity index (χ0v) is 12.9. The number of carbonyl (C=O) groups is 1. The fourth-order valence-corrected chi connectivity index (χ4v) is 3.06. The number of hydrogen-bond donors (Lipinski definition) is 0. The van der Waals surface area contributed by atoms with E-state index in [1.54, 1.807) is 4.68 Å². The predicted molar refractivity (Wildman–Crippen MR) is 77.3 cm³/mol. The van der Waals surface area contributed by atoms with E-state index in [0.29, 0.717) is 38.0 Å². The van der Waals surface area contributed by atoms with E-state index in [1.165, 1.54) is 0 Å². The summed E-state index contributed by atoms with van der Waals surface area (Å²) in [6, 6.07) is 2.04. The molecule has 3 rings (SSSR count). The van der Waals surface area contributed by atoms with Crippen molar-refractivity contribution in [2.24, 2.45) is 7.05 Å². The molecule has 2 saturated heterocycles. The summed E-state index contributed by atoms with van der Waals surface area (Å²) in [5.41, 5.74) is 1.61. The van der Waals surface area contributed by atoms with Crippen molar-refractivity contribution in [3.05, 3.63) is 17.5 Å². The van der Waals surface area contributed by atoms with Gasteiger partial charge in [0, 0.05) is 20.2 Å². The van der Waals surface area contributed by atoms with Crippen molar-refractivity contribution in [2.45, 2.75) is 38.3 Å². The highest BCUT2D eigenvalue weighted by atomic mass is 16.5. The number of ether oxygens (including phenoxy) is 2. The summed E-state index contributed by atoms with van der Waals surface area (Å²) in [5, 5.41) is 4.44. The summed E-state index contributed by atoms with van der Waals surface area (Å²) in [4.78, 5) is 14.8. The third kappa shape index (κ3) is 2.70. The highest BCUT2D eigenvalue weighted by Crippen LogP contribution is 2.24. The number of aromatic nitrogens is 2. The molecule has 2 fully saturated rings. The Morgan fingerprint density at radius 3 is 2.95 bits per heavy atom. The highest BCUT2D eigenvalue weighted by molar-refractivity contribution is 5.93. The molecule has 0 radical (unpaired) electrons. The van der Waals surface area contributed by atoms with Crippen molar-refractivity contribution in [2.75, 3.05) is 26.4 Å². The van der Waals surface area contributed by atoms with E-state index in [9.17, 15) is 4.79 Å². The number of amides is 1. The van der Waals surface area contributed by atoms with Crippen molar-refractivity contribution in [3.8, 4) is 0 Å². The number of hydrogen-bond acceptors (Lipinski definition) is 4. The molecule has 2 atom stereocenters. The van der Waals surface area contributed by atoms with E-state index >= 15 is 0 Å². The predicted octanol–water partition coefficient (Wildman–Crippen LogP) is 1.17. The van der Waals surface area contributed by atoms with Crippen molar-refractivity contribution in [3.63, 3.8) is 0 Å². The van der Waals surface area contributed by atoms with Gasteiger partial charge in [-0.15, -0.1) is 0 Å². The summed E-state index contributed by atoms with van der Waals surface area (Å²) >= 11 is 0.